The Bertz CT molecular complexity index is 547. The first-order chi connectivity index (χ1) is 8.99. The first-order valence-corrected chi connectivity index (χ1v) is 7.86. The Labute approximate surface area is 120 Å². The van der Waals surface area contributed by atoms with Gasteiger partial charge in [-0.3, -0.25) is 4.79 Å². The molecule has 102 valence electrons. The molecule has 0 spiro atoms. The number of thioether (sulfide) groups is 1. The van der Waals surface area contributed by atoms with Gasteiger partial charge in [-0.05, 0) is 31.9 Å². The molecule has 1 unspecified atom stereocenters. The van der Waals surface area contributed by atoms with Gasteiger partial charge in [-0.15, -0.1) is 11.3 Å². The van der Waals surface area contributed by atoms with E-state index >= 15 is 0 Å². The predicted molar refractivity (Wildman–Crippen MR) is 81.4 cm³/mol. The topological polar surface area (TPSA) is 82.0 Å². The fourth-order valence-electron chi connectivity index (χ4n) is 1.63. The largest absolute Gasteiger partial charge is 0.368 e. The minimum absolute atomic E-state index is 0.447. The second-order valence-electron chi connectivity index (χ2n) is 4.68. The molecule has 4 N–H and O–H groups in total. The molecule has 1 amide bonds. The van der Waals surface area contributed by atoms with E-state index in [1.54, 1.807) is 30.0 Å². The van der Waals surface area contributed by atoms with Crippen LogP contribution in [0.15, 0.2) is 28.6 Å². The zero-order chi connectivity index (χ0) is 13.9. The number of nitrogens with zero attached hydrogens (tertiary/aromatic N) is 1. The highest BCUT2D eigenvalue weighted by Gasteiger charge is 2.24. The maximum absolute atomic E-state index is 11.1. The van der Waals surface area contributed by atoms with Gasteiger partial charge in [-0.2, -0.15) is 0 Å². The predicted octanol–water partition coefficient (Wildman–Crippen LogP) is 2.37. The van der Waals surface area contributed by atoms with Crippen molar-refractivity contribution in [3.8, 4) is 0 Å². The van der Waals surface area contributed by atoms with E-state index in [-0.39, 0.29) is 0 Å². The normalized spacial score (nSPS) is 14.4. The molecule has 4 nitrogen and oxygen atoms in total. The van der Waals surface area contributed by atoms with Crippen LogP contribution in [0.1, 0.15) is 19.8 Å². The highest BCUT2D eigenvalue weighted by Crippen LogP contribution is 2.30. The molecular weight excluding hydrogens is 278 g/mol. The lowest BCUT2D eigenvalue weighted by Gasteiger charge is -2.19. The summed E-state index contributed by atoms with van der Waals surface area (Å²) in [5, 5.41) is 0. The summed E-state index contributed by atoms with van der Waals surface area (Å²) in [6.45, 7) is 1.68. The third-order valence-electron chi connectivity index (χ3n) is 2.90. The van der Waals surface area contributed by atoms with Crippen molar-refractivity contribution in [1.29, 1.82) is 0 Å². The van der Waals surface area contributed by atoms with Gasteiger partial charge < -0.3 is 11.5 Å². The van der Waals surface area contributed by atoms with Crippen molar-refractivity contribution in [2.45, 2.75) is 29.6 Å². The lowest BCUT2D eigenvalue weighted by atomic mass is 9.97. The van der Waals surface area contributed by atoms with Gasteiger partial charge in [0.2, 0.25) is 5.91 Å². The molecule has 2 aromatic rings. The number of para-hydroxylation sites is 1. The number of carbonyl (C=O) groups excluding carboxylic acids is 1. The highest BCUT2D eigenvalue weighted by atomic mass is 32.2. The number of carbonyl (C=O) groups is 1. The van der Waals surface area contributed by atoms with Crippen molar-refractivity contribution >= 4 is 39.2 Å². The molecule has 1 aromatic carbocycles. The van der Waals surface area contributed by atoms with Crippen molar-refractivity contribution in [3.05, 3.63) is 24.3 Å². The summed E-state index contributed by atoms with van der Waals surface area (Å²) in [4.78, 5) is 15.6. The monoisotopic (exact) mass is 295 g/mol. The molecule has 19 heavy (non-hydrogen) atoms. The third kappa shape index (κ3) is 3.68. The number of amides is 1. The number of aromatic nitrogens is 1. The van der Waals surface area contributed by atoms with Gasteiger partial charge in [0.15, 0.2) is 4.34 Å². The molecular formula is C13H17N3OS2. The Morgan fingerprint density at radius 2 is 2.21 bits per heavy atom. The van der Waals surface area contributed by atoms with Gasteiger partial charge in [-0.1, -0.05) is 23.9 Å². The zero-order valence-corrected chi connectivity index (χ0v) is 12.4. The van der Waals surface area contributed by atoms with E-state index in [1.165, 1.54) is 4.70 Å². The van der Waals surface area contributed by atoms with Crippen molar-refractivity contribution in [3.63, 3.8) is 0 Å². The Kier molecular flexibility index (Phi) is 4.44. The molecule has 1 aromatic heterocycles. The summed E-state index contributed by atoms with van der Waals surface area (Å²) in [5.74, 6) is 0.442. The fraction of sp³-hybridized carbons (Fsp3) is 0.385. The first-order valence-electron chi connectivity index (χ1n) is 6.06. The molecule has 2 rings (SSSR count). The van der Waals surface area contributed by atoms with Gasteiger partial charge in [-0.25, -0.2) is 4.98 Å². The highest BCUT2D eigenvalue weighted by molar-refractivity contribution is 8.01. The average molecular weight is 295 g/mol. The van der Waals surface area contributed by atoms with E-state index in [0.29, 0.717) is 6.42 Å². The van der Waals surface area contributed by atoms with E-state index in [1.807, 2.05) is 18.2 Å². The van der Waals surface area contributed by atoms with E-state index in [2.05, 4.69) is 11.1 Å². The number of primary amides is 1. The fourth-order valence-corrected chi connectivity index (χ4v) is 3.71. The van der Waals surface area contributed by atoms with Crippen LogP contribution >= 0.6 is 23.1 Å². The van der Waals surface area contributed by atoms with Gasteiger partial charge in [0, 0.05) is 5.75 Å². The summed E-state index contributed by atoms with van der Waals surface area (Å²) < 4.78 is 2.25. The molecule has 1 heterocycles. The third-order valence-corrected chi connectivity index (χ3v) is 5.17. The zero-order valence-electron chi connectivity index (χ0n) is 10.8. The summed E-state index contributed by atoms with van der Waals surface area (Å²) in [5.41, 5.74) is 11.2. The van der Waals surface area contributed by atoms with Gasteiger partial charge in [0.05, 0.1) is 15.8 Å². The van der Waals surface area contributed by atoms with E-state index in [9.17, 15) is 4.79 Å². The van der Waals surface area contributed by atoms with E-state index in [0.717, 1.165) is 22.0 Å². The molecule has 1 atom stereocenters. The van der Waals surface area contributed by atoms with Crippen molar-refractivity contribution in [2.75, 3.05) is 5.75 Å². The number of thiazole rings is 1. The molecule has 0 saturated carbocycles. The van der Waals surface area contributed by atoms with Crippen LogP contribution < -0.4 is 11.5 Å². The van der Waals surface area contributed by atoms with Crippen LogP contribution in [-0.4, -0.2) is 22.2 Å². The smallest absolute Gasteiger partial charge is 0.237 e. The Balaban J connectivity index is 1.84. The van der Waals surface area contributed by atoms with Gasteiger partial charge in [0.25, 0.3) is 0 Å². The molecule has 0 aliphatic rings. The molecule has 6 heteroatoms. The minimum atomic E-state index is -0.909. The van der Waals surface area contributed by atoms with Crippen molar-refractivity contribution < 1.29 is 4.79 Å². The Morgan fingerprint density at radius 1 is 1.47 bits per heavy atom. The maximum Gasteiger partial charge on any atom is 0.237 e. The van der Waals surface area contributed by atoms with Crippen LogP contribution in [0.25, 0.3) is 10.2 Å². The van der Waals surface area contributed by atoms with Crippen LogP contribution in [0.5, 0.6) is 0 Å². The molecule has 0 aliphatic heterocycles. The van der Waals surface area contributed by atoms with E-state index in [4.69, 9.17) is 11.5 Å². The lowest BCUT2D eigenvalue weighted by Crippen LogP contribution is -2.49. The molecule has 0 bridgehead atoms. The number of hydrogen-bond acceptors (Lipinski definition) is 5. The van der Waals surface area contributed by atoms with Gasteiger partial charge >= 0.3 is 0 Å². The van der Waals surface area contributed by atoms with Crippen molar-refractivity contribution in [2.24, 2.45) is 11.5 Å². The standard InChI is InChI=1S/C13H17N3OS2/c1-13(15,11(14)17)7-4-8-18-12-16-9-5-2-3-6-10(9)19-12/h2-3,5-6H,4,7-8,15H2,1H3,(H2,14,17). The average Bonchev–Trinajstić information content (AvgIpc) is 2.77. The van der Waals surface area contributed by atoms with Crippen molar-refractivity contribution in [1.82, 2.24) is 4.98 Å². The molecule has 0 saturated heterocycles. The SMILES string of the molecule is CC(N)(CCCSc1nc2ccccc2s1)C(N)=O. The number of fused-ring (bicyclic) bond motifs is 1. The summed E-state index contributed by atoms with van der Waals surface area (Å²) in [6.07, 6.45) is 1.44. The van der Waals surface area contributed by atoms with E-state index < -0.39 is 11.4 Å². The van der Waals surface area contributed by atoms with Crippen LogP contribution in [-0.2, 0) is 4.79 Å². The number of nitrogens with two attached hydrogens (primary N) is 2. The molecule has 0 radical (unpaired) electrons. The lowest BCUT2D eigenvalue weighted by molar-refractivity contribution is -0.122. The second kappa shape index (κ2) is 5.90. The van der Waals surface area contributed by atoms with Crippen LogP contribution in [0.3, 0.4) is 0 Å². The summed E-state index contributed by atoms with van der Waals surface area (Å²) >= 11 is 3.39. The molecule has 0 aliphatic carbocycles. The summed E-state index contributed by atoms with van der Waals surface area (Å²) in [7, 11) is 0. The second-order valence-corrected chi connectivity index (χ2v) is 7.05. The Hall–Kier alpha value is -1.11. The summed E-state index contributed by atoms with van der Waals surface area (Å²) in [6, 6.07) is 8.09. The van der Waals surface area contributed by atoms with Crippen LogP contribution in [0.4, 0.5) is 0 Å². The van der Waals surface area contributed by atoms with Crippen LogP contribution in [0.2, 0.25) is 0 Å². The first kappa shape index (κ1) is 14.3. The minimum Gasteiger partial charge on any atom is -0.368 e. The van der Waals surface area contributed by atoms with Crippen LogP contribution in [0, 0.1) is 0 Å². The number of benzene rings is 1. The quantitative estimate of drug-likeness (QED) is 0.633. The number of rotatable bonds is 6. The molecule has 0 fully saturated rings. The Morgan fingerprint density at radius 3 is 2.89 bits per heavy atom. The number of hydrogen-bond donors (Lipinski definition) is 2. The van der Waals surface area contributed by atoms with Gasteiger partial charge in [0.1, 0.15) is 0 Å². The maximum atomic E-state index is 11.1.